The average Bonchev–Trinajstić information content (AvgIpc) is 2.78. The van der Waals surface area contributed by atoms with Crippen molar-refractivity contribution in [1.82, 2.24) is 10.2 Å². The summed E-state index contributed by atoms with van der Waals surface area (Å²) in [5, 5.41) is 7.01. The Balaban J connectivity index is 2.63. The summed E-state index contributed by atoms with van der Waals surface area (Å²) in [7, 11) is -4.78. The SMILES string of the molecule is CC(CCONC(=N)N)(C(N)=O)c1ccc(NS(=O)(=O)c2ccccc2F)c(=O)n1OC(=O)C(F)(F)F. The van der Waals surface area contributed by atoms with Gasteiger partial charge >= 0.3 is 17.7 Å². The van der Waals surface area contributed by atoms with Gasteiger partial charge in [-0.2, -0.15) is 13.2 Å². The van der Waals surface area contributed by atoms with Gasteiger partial charge in [0.05, 0.1) is 17.7 Å². The zero-order valence-corrected chi connectivity index (χ0v) is 19.6. The van der Waals surface area contributed by atoms with Gasteiger partial charge in [-0.15, -0.1) is 4.73 Å². The van der Waals surface area contributed by atoms with Gasteiger partial charge in [0.1, 0.15) is 16.4 Å². The maximum absolute atomic E-state index is 14.0. The van der Waals surface area contributed by atoms with E-state index >= 15 is 0 Å². The zero-order chi connectivity index (χ0) is 28.2. The molecular weight excluding hydrogens is 532 g/mol. The minimum Gasteiger partial charge on any atom is -0.369 e. The zero-order valence-electron chi connectivity index (χ0n) is 18.8. The van der Waals surface area contributed by atoms with Crippen molar-refractivity contribution < 1.29 is 45.2 Å². The monoisotopic (exact) mass is 552 g/mol. The Morgan fingerprint density at radius 2 is 1.76 bits per heavy atom. The number of nitrogens with two attached hydrogens (primary N) is 2. The Morgan fingerprint density at radius 3 is 2.30 bits per heavy atom. The highest BCUT2D eigenvalue weighted by molar-refractivity contribution is 7.92. The second kappa shape index (κ2) is 10.8. The molecule has 18 heteroatoms. The molecule has 7 N–H and O–H groups in total. The number of carbonyl (C=O) groups excluding carboxylic acids is 2. The summed E-state index contributed by atoms with van der Waals surface area (Å²) in [6.07, 6.45) is -6.05. The third-order valence-electron chi connectivity index (χ3n) is 4.81. The predicted molar refractivity (Wildman–Crippen MR) is 118 cm³/mol. The molecule has 0 aliphatic rings. The number of hydrogen-bond acceptors (Lipinski definition) is 8. The summed E-state index contributed by atoms with van der Waals surface area (Å²) >= 11 is 0. The Labute approximate surface area is 205 Å². The molecule has 37 heavy (non-hydrogen) atoms. The maximum Gasteiger partial charge on any atom is 0.493 e. The van der Waals surface area contributed by atoms with Crippen LogP contribution in [-0.2, 0) is 29.9 Å². The number of primary amides is 1. The summed E-state index contributed by atoms with van der Waals surface area (Å²) in [5.41, 5.74) is 7.02. The number of halogens is 4. The number of amides is 1. The molecule has 0 aliphatic heterocycles. The van der Waals surface area contributed by atoms with Crippen molar-refractivity contribution in [2.75, 3.05) is 11.3 Å². The van der Waals surface area contributed by atoms with Crippen molar-refractivity contribution in [1.29, 1.82) is 5.41 Å². The van der Waals surface area contributed by atoms with Gasteiger partial charge in [0, 0.05) is 0 Å². The highest BCUT2D eigenvalue weighted by atomic mass is 32.2. The van der Waals surface area contributed by atoms with Gasteiger partial charge in [0.25, 0.3) is 10.0 Å². The molecule has 0 spiro atoms. The average molecular weight is 552 g/mol. The lowest BCUT2D eigenvalue weighted by atomic mass is 9.82. The number of carbonyl (C=O) groups is 2. The second-order valence-electron chi connectivity index (χ2n) is 7.45. The standard InChI is InChI=1S/C19H20F4N6O7S/c1-18(15(24)31,8-9-35-27-17(25)26)13-7-6-11(14(30)29(13)36-16(32)19(21,22)23)28-37(33,34)12-5-3-2-4-10(12)20/h2-7,28H,8-9H2,1H3,(H2,24,31)(H4,25,26,27). The molecule has 0 bridgehead atoms. The molecule has 1 heterocycles. The van der Waals surface area contributed by atoms with E-state index in [0.29, 0.717) is 0 Å². The summed E-state index contributed by atoms with van der Waals surface area (Å²) in [5.74, 6) is -5.92. The molecule has 0 saturated heterocycles. The molecule has 0 saturated carbocycles. The van der Waals surface area contributed by atoms with Crippen molar-refractivity contribution in [2.45, 2.75) is 29.8 Å². The van der Waals surface area contributed by atoms with E-state index in [1.54, 1.807) is 4.72 Å². The Kier molecular flexibility index (Phi) is 8.50. The summed E-state index contributed by atoms with van der Waals surface area (Å²) < 4.78 is 79.4. The van der Waals surface area contributed by atoms with E-state index in [4.69, 9.17) is 21.7 Å². The molecule has 1 aromatic carbocycles. The van der Waals surface area contributed by atoms with Crippen LogP contribution in [0.4, 0.5) is 23.2 Å². The number of nitrogens with one attached hydrogen (secondary N) is 3. The molecule has 2 rings (SSSR count). The van der Waals surface area contributed by atoms with Gasteiger partial charge in [-0.05, 0) is 37.6 Å². The molecule has 0 fully saturated rings. The first-order valence-corrected chi connectivity index (χ1v) is 11.3. The van der Waals surface area contributed by atoms with E-state index in [2.05, 4.69) is 4.84 Å². The number of nitrogens with zero attached hydrogens (tertiary/aromatic N) is 1. The number of benzene rings is 1. The first-order chi connectivity index (χ1) is 17.0. The van der Waals surface area contributed by atoms with Crippen LogP contribution >= 0.6 is 0 Å². The van der Waals surface area contributed by atoms with Crippen molar-refractivity contribution >= 4 is 33.5 Å². The number of guanidine groups is 1. The fraction of sp³-hybridized carbons (Fsp3) is 0.263. The van der Waals surface area contributed by atoms with Gasteiger partial charge in [0.2, 0.25) is 11.9 Å². The largest absolute Gasteiger partial charge is 0.493 e. The molecule has 1 unspecified atom stereocenters. The van der Waals surface area contributed by atoms with E-state index in [1.807, 2.05) is 5.48 Å². The van der Waals surface area contributed by atoms with Crippen LogP contribution in [0.2, 0.25) is 0 Å². The molecule has 1 aromatic heterocycles. The molecule has 1 amide bonds. The van der Waals surface area contributed by atoms with Crippen LogP contribution in [0.25, 0.3) is 0 Å². The molecule has 202 valence electrons. The minimum absolute atomic E-state index is 0.252. The number of alkyl halides is 3. The van der Waals surface area contributed by atoms with Gasteiger partial charge < -0.3 is 16.3 Å². The Hall–Kier alpha value is -4.19. The number of anilines is 1. The molecule has 0 aliphatic carbocycles. The fourth-order valence-corrected chi connectivity index (χ4v) is 3.99. The van der Waals surface area contributed by atoms with Crippen LogP contribution in [0.3, 0.4) is 0 Å². The molecular formula is C19H20F4N6O7S. The fourth-order valence-electron chi connectivity index (χ4n) is 2.85. The van der Waals surface area contributed by atoms with Crippen molar-refractivity contribution in [3.63, 3.8) is 0 Å². The first-order valence-electron chi connectivity index (χ1n) is 9.86. The van der Waals surface area contributed by atoms with Crippen LogP contribution in [0.1, 0.15) is 19.0 Å². The predicted octanol–water partition coefficient (Wildman–Crippen LogP) is -0.147. The molecule has 1 atom stereocenters. The van der Waals surface area contributed by atoms with Crippen LogP contribution < -0.4 is 32.1 Å². The van der Waals surface area contributed by atoms with Gasteiger partial charge in [-0.3, -0.25) is 24.6 Å². The van der Waals surface area contributed by atoms with Crippen molar-refractivity contribution in [2.24, 2.45) is 11.5 Å². The molecule has 2 aromatic rings. The summed E-state index contributed by atoms with van der Waals surface area (Å²) in [6, 6.07) is 5.58. The van der Waals surface area contributed by atoms with Crippen LogP contribution in [-0.4, -0.2) is 43.8 Å². The normalized spacial score (nSPS) is 13.3. The third kappa shape index (κ3) is 6.73. The lowest BCUT2D eigenvalue weighted by Crippen LogP contribution is -2.48. The number of hydrogen-bond donors (Lipinski definition) is 5. The van der Waals surface area contributed by atoms with E-state index < -0.39 is 80.1 Å². The first kappa shape index (κ1) is 29.0. The summed E-state index contributed by atoms with van der Waals surface area (Å²) in [4.78, 5) is 44.9. The number of hydroxylamine groups is 1. The van der Waals surface area contributed by atoms with E-state index in [9.17, 15) is 40.4 Å². The number of sulfonamides is 1. The summed E-state index contributed by atoms with van der Waals surface area (Å²) in [6.45, 7) is 0.629. The Bertz CT molecular complexity index is 1380. The number of rotatable bonds is 10. The van der Waals surface area contributed by atoms with Gasteiger partial charge in [0.15, 0.2) is 0 Å². The third-order valence-corrected chi connectivity index (χ3v) is 6.21. The van der Waals surface area contributed by atoms with E-state index in [0.717, 1.165) is 31.2 Å². The number of pyridine rings is 1. The number of aromatic nitrogens is 1. The lowest BCUT2D eigenvalue weighted by molar-refractivity contribution is -0.200. The quantitative estimate of drug-likeness (QED) is 0.0872. The molecule has 13 nitrogen and oxygen atoms in total. The lowest BCUT2D eigenvalue weighted by Gasteiger charge is -2.28. The van der Waals surface area contributed by atoms with Crippen molar-refractivity contribution in [3.8, 4) is 0 Å². The van der Waals surface area contributed by atoms with Crippen LogP contribution in [0.5, 0.6) is 0 Å². The van der Waals surface area contributed by atoms with Crippen molar-refractivity contribution in [3.05, 3.63) is 58.3 Å². The topological polar surface area (TPSA) is 209 Å². The highest BCUT2D eigenvalue weighted by Gasteiger charge is 2.44. The van der Waals surface area contributed by atoms with Crippen LogP contribution in [0.15, 0.2) is 46.1 Å². The smallest absolute Gasteiger partial charge is 0.369 e. The van der Waals surface area contributed by atoms with Crippen LogP contribution in [0, 0.1) is 11.2 Å². The van der Waals surface area contributed by atoms with E-state index in [1.165, 1.54) is 12.1 Å². The van der Waals surface area contributed by atoms with Gasteiger partial charge in [-0.25, -0.2) is 23.1 Å². The minimum atomic E-state index is -5.60. The Morgan fingerprint density at radius 1 is 1.14 bits per heavy atom. The highest BCUT2D eigenvalue weighted by Crippen LogP contribution is 2.28. The second-order valence-corrected chi connectivity index (χ2v) is 9.11. The van der Waals surface area contributed by atoms with Gasteiger partial charge in [-0.1, -0.05) is 12.1 Å². The maximum atomic E-state index is 14.0. The molecule has 0 radical (unpaired) electrons. The van der Waals surface area contributed by atoms with E-state index in [-0.39, 0.29) is 4.73 Å².